The molecule has 1 rings (SSSR count). The van der Waals surface area contributed by atoms with E-state index in [9.17, 15) is 20.1 Å². The highest BCUT2D eigenvalue weighted by molar-refractivity contribution is 5.84. The maximum atomic E-state index is 12.1. The molecule has 1 aromatic carbocycles. The van der Waals surface area contributed by atoms with Crippen LogP contribution in [0.1, 0.15) is 11.5 Å². The van der Waals surface area contributed by atoms with Crippen molar-refractivity contribution >= 4 is 5.91 Å². The van der Waals surface area contributed by atoms with E-state index in [2.05, 4.69) is 5.32 Å². The molecule has 1 aromatic rings. The van der Waals surface area contributed by atoms with Gasteiger partial charge in [0.15, 0.2) is 0 Å². The Morgan fingerprint density at radius 3 is 2.11 bits per heavy atom. The van der Waals surface area contributed by atoms with Crippen LogP contribution in [-0.2, 0) is 4.79 Å². The third-order valence-corrected chi connectivity index (χ3v) is 3.05. The first-order chi connectivity index (χ1) is 9.12. The smallest absolute Gasteiger partial charge is 0.229 e. The largest absolute Gasteiger partial charge is 0.394 e. The number of hydrogen-bond acceptors (Lipinski definition) is 5. The SMILES string of the molecule is NCC(C(=O)NC(CO)(CO)CO)c1ccccc1. The molecule has 6 N–H and O–H groups in total. The number of aliphatic hydroxyl groups excluding tert-OH is 3. The molecular weight excluding hydrogens is 248 g/mol. The standard InChI is InChI=1S/C13H20N2O4/c14-6-11(10-4-2-1-3-5-10)12(19)15-13(7-16,8-17)9-18/h1-5,11,16-18H,6-9,14H2,(H,15,19). The van der Waals surface area contributed by atoms with Crippen LogP contribution < -0.4 is 11.1 Å². The number of nitrogens with one attached hydrogen (secondary N) is 1. The lowest BCUT2D eigenvalue weighted by molar-refractivity contribution is -0.126. The van der Waals surface area contributed by atoms with Crippen LogP contribution in [-0.4, -0.2) is 53.1 Å². The predicted octanol–water partition coefficient (Wildman–Crippen LogP) is -1.44. The number of benzene rings is 1. The van der Waals surface area contributed by atoms with Crippen molar-refractivity contribution in [3.8, 4) is 0 Å². The highest BCUT2D eigenvalue weighted by Gasteiger charge is 2.32. The fourth-order valence-corrected chi connectivity index (χ4v) is 1.70. The summed E-state index contributed by atoms with van der Waals surface area (Å²) in [6, 6.07) is 8.96. The van der Waals surface area contributed by atoms with E-state index in [0.717, 1.165) is 5.56 Å². The van der Waals surface area contributed by atoms with Crippen LogP contribution in [0.2, 0.25) is 0 Å². The van der Waals surface area contributed by atoms with E-state index < -0.39 is 37.2 Å². The minimum absolute atomic E-state index is 0.0915. The molecule has 0 aliphatic carbocycles. The normalized spacial score (nSPS) is 13.1. The fourth-order valence-electron chi connectivity index (χ4n) is 1.70. The van der Waals surface area contributed by atoms with Gasteiger partial charge in [0.2, 0.25) is 5.91 Å². The van der Waals surface area contributed by atoms with Gasteiger partial charge < -0.3 is 26.4 Å². The van der Waals surface area contributed by atoms with Crippen molar-refractivity contribution in [2.75, 3.05) is 26.4 Å². The number of rotatable bonds is 7. The average molecular weight is 268 g/mol. The first-order valence-corrected chi connectivity index (χ1v) is 6.02. The zero-order valence-corrected chi connectivity index (χ0v) is 10.6. The van der Waals surface area contributed by atoms with Crippen LogP contribution in [0.3, 0.4) is 0 Å². The molecule has 1 amide bonds. The summed E-state index contributed by atoms with van der Waals surface area (Å²) in [5.74, 6) is -1.03. The molecule has 0 fully saturated rings. The molecule has 0 spiro atoms. The number of hydrogen-bond donors (Lipinski definition) is 5. The van der Waals surface area contributed by atoms with Gasteiger partial charge in [-0.15, -0.1) is 0 Å². The summed E-state index contributed by atoms with van der Waals surface area (Å²) in [4.78, 5) is 12.1. The molecule has 0 aliphatic heterocycles. The van der Waals surface area contributed by atoms with E-state index in [-0.39, 0.29) is 6.54 Å². The molecule has 0 bridgehead atoms. The van der Waals surface area contributed by atoms with Gasteiger partial charge in [-0.1, -0.05) is 30.3 Å². The first kappa shape index (κ1) is 15.6. The van der Waals surface area contributed by atoms with E-state index >= 15 is 0 Å². The van der Waals surface area contributed by atoms with Crippen LogP contribution in [0.15, 0.2) is 30.3 Å². The van der Waals surface area contributed by atoms with Gasteiger partial charge in [-0.3, -0.25) is 4.79 Å². The zero-order chi connectivity index (χ0) is 14.3. The van der Waals surface area contributed by atoms with Crippen molar-refractivity contribution < 1.29 is 20.1 Å². The van der Waals surface area contributed by atoms with Gasteiger partial charge in [0.25, 0.3) is 0 Å². The van der Waals surface area contributed by atoms with Crippen molar-refractivity contribution in [1.82, 2.24) is 5.32 Å². The van der Waals surface area contributed by atoms with Gasteiger partial charge in [-0.25, -0.2) is 0 Å². The Morgan fingerprint density at radius 2 is 1.68 bits per heavy atom. The van der Waals surface area contributed by atoms with Crippen molar-refractivity contribution in [3.63, 3.8) is 0 Å². The van der Waals surface area contributed by atoms with Gasteiger partial charge in [0, 0.05) is 6.54 Å². The monoisotopic (exact) mass is 268 g/mol. The molecule has 1 unspecified atom stereocenters. The second kappa shape index (κ2) is 7.20. The predicted molar refractivity (Wildman–Crippen MR) is 70.4 cm³/mol. The third-order valence-electron chi connectivity index (χ3n) is 3.05. The van der Waals surface area contributed by atoms with Gasteiger partial charge in [-0.05, 0) is 5.56 Å². The van der Waals surface area contributed by atoms with Crippen molar-refractivity contribution in [2.45, 2.75) is 11.5 Å². The lowest BCUT2D eigenvalue weighted by atomic mass is 9.95. The van der Waals surface area contributed by atoms with Gasteiger partial charge in [0.05, 0.1) is 25.7 Å². The maximum Gasteiger partial charge on any atom is 0.229 e. The average Bonchev–Trinajstić information content (AvgIpc) is 2.47. The summed E-state index contributed by atoms with van der Waals surface area (Å²) in [7, 11) is 0. The molecule has 0 saturated carbocycles. The van der Waals surface area contributed by atoms with Gasteiger partial charge >= 0.3 is 0 Å². The van der Waals surface area contributed by atoms with E-state index in [1.807, 2.05) is 6.07 Å². The summed E-state index contributed by atoms with van der Waals surface area (Å²) in [5.41, 5.74) is 4.91. The molecule has 0 radical (unpaired) electrons. The van der Waals surface area contributed by atoms with Gasteiger partial charge in [-0.2, -0.15) is 0 Å². The molecule has 1 atom stereocenters. The summed E-state index contributed by atoms with van der Waals surface area (Å²) < 4.78 is 0. The Bertz CT molecular complexity index is 385. The van der Waals surface area contributed by atoms with Crippen LogP contribution >= 0.6 is 0 Å². The second-order valence-electron chi connectivity index (χ2n) is 4.44. The number of carbonyl (C=O) groups is 1. The highest BCUT2D eigenvalue weighted by Crippen LogP contribution is 2.16. The number of nitrogens with two attached hydrogens (primary N) is 1. The van der Waals surface area contributed by atoms with E-state index in [4.69, 9.17) is 5.73 Å². The van der Waals surface area contributed by atoms with Crippen LogP contribution in [0.5, 0.6) is 0 Å². The first-order valence-electron chi connectivity index (χ1n) is 6.02. The lowest BCUT2D eigenvalue weighted by Gasteiger charge is -2.30. The molecule has 6 nitrogen and oxygen atoms in total. The molecule has 0 aliphatic rings. The molecule has 106 valence electrons. The maximum absolute atomic E-state index is 12.1. The molecular formula is C13H20N2O4. The second-order valence-corrected chi connectivity index (χ2v) is 4.44. The number of amides is 1. The Labute approximate surface area is 111 Å². The quantitative estimate of drug-likeness (QED) is 0.415. The minimum atomic E-state index is -1.43. The number of carbonyl (C=O) groups excluding carboxylic acids is 1. The summed E-state index contributed by atoms with van der Waals surface area (Å²) in [6.45, 7) is -1.58. The van der Waals surface area contributed by atoms with Crippen LogP contribution in [0.25, 0.3) is 0 Å². The Hall–Kier alpha value is -1.47. The fraction of sp³-hybridized carbons (Fsp3) is 0.462. The Balaban J connectivity index is 2.86. The summed E-state index contributed by atoms with van der Waals surface area (Å²) in [6.07, 6.45) is 0. The molecule has 0 heterocycles. The van der Waals surface area contributed by atoms with Crippen molar-refractivity contribution in [1.29, 1.82) is 0 Å². The highest BCUT2D eigenvalue weighted by atomic mass is 16.3. The van der Waals surface area contributed by atoms with E-state index in [1.54, 1.807) is 24.3 Å². The molecule has 19 heavy (non-hydrogen) atoms. The summed E-state index contributed by atoms with van der Waals surface area (Å²) >= 11 is 0. The molecule has 6 heteroatoms. The van der Waals surface area contributed by atoms with Crippen molar-refractivity contribution in [3.05, 3.63) is 35.9 Å². The Kier molecular flexibility index (Phi) is 5.91. The lowest BCUT2D eigenvalue weighted by Crippen LogP contribution is -2.58. The zero-order valence-electron chi connectivity index (χ0n) is 10.6. The van der Waals surface area contributed by atoms with Crippen LogP contribution in [0, 0.1) is 0 Å². The van der Waals surface area contributed by atoms with Crippen molar-refractivity contribution in [2.24, 2.45) is 5.73 Å². The molecule has 0 saturated heterocycles. The van der Waals surface area contributed by atoms with Crippen LogP contribution in [0.4, 0.5) is 0 Å². The Morgan fingerprint density at radius 1 is 1.16 bits per heavy atom. The minimum Gasteiger partial charge on any atom is -0.394 e. The van der Waals surface area contributed by atoms with E-state index in [0.29, 0.717) is 0 Å². The third kappa shape index (κ3) is 3.74. The number of aliphatic hydroxyl groups is 3. The van der Waals surface area contributed by atoms with Gasteiger partial charge in [0.1, 0.15) is 5.54 Å². The van der Waals surface area contributed by atoms with E-state index in [1.165, 1.54) is 0 Å². The molecule has 0 aromatic heterocycles. The topological polar surface area (TPSA) is 116 Å². The summed E-state index contributed by atoms with van der Waals surface area (Å²) in [5, 5.41) is 30.0.